The lowest BCUT2D eigenvalue weighted by atomic mass is 10.1. The van der Waals surface area contributed by atoms with Crippen molar-refractivity contribution in [2.75, 3.05) is 11.9 Å². The zero-order chi connectivity index (χ0) is 19.5. The van der Waals surface area contributed by atoms with Crippen molar-refractivity contribution in [2.24, 2.45) is 5.14 Å². The number of ether oxygens (including phenoxy) is 1. The molecule has 0 radical (unpaired) electrons. The number of amides is 1. The Balaban J connectivity index is 2.02. The van der Waals surface area contributed by atoms with Crippen molar-refractivity contribution in [1.82, 2.24) is 0 Å². The van der Waals surface area contributed by atoms with E-state index in [0.29, 0.717) is 11.3 Å². The van der Waals surface area contributed by atoms with Crippen molar-refractivity contribution < 1.29 is 22.7 Å². The molecule has 0 fully saturated rings. The van der Waals surface area contributed by atoms with Gasteiger partial charge in [-0.2, -0.15) is 0 Å². The summed E-state index contributed by atoms with van der Waals surface area (Å²) < 4.78 is 28.9. The summed E-state index contributed by atoms with van der Waals surface area (Å²) >= 11 is 3.36. The minimum atomic E-state index is -3.96. The number of nitrogens with two attached hydrogens (primary N) is 1. The maximum atomic E-state index is 12.0. The van der Waals surface area contributed by atoms with E-state index >= 15 is 0 Å². The molecule has 0 aliphatic heterocycles. The van der Waals surface area contributed by atoms with Gasteiger partial charge in [0.2, 0.25) is 10.0 Å². The number of nitrogens with one attached hydrogen (secondary N) is 1. The Hall–Kier alpha value is -2.23. The number of benzene rings is 2. The quantitative estimate of drug-likeness (QED) is 0.692. The van der Waals surface area contributed by atoms with Crippen molar-refractivity contribution >= 4 is 43.5 Å². The summed E-state index contributed by atoms with van der Waals surface area (Å²) in [7, 11) is -3.96. The molecule has 7 nitrogen and oxygen atoms in total. The number of primary sulfonamides is 1. The molecule has 1 amide bonds. The molecule has 2 aromatic rings. The van der Waals surface area contributed by atoms with E-state index in [1.807, 2.05) is 6.92 Å². The summed E-state index contributed by atoms with van der Waals surface area (Å²) in [6.45, 7) is 2.93. The summed E-state index contributed by atoms with van der Waals surface area (Å²) in [6, 6.07) is 9.24. The highest BCUT2D eigenvalue weighted by atomic mass is 79.9. The third-order valence-corrected chi connectivity index (χ3v) is 5.45. The Bertz CT molecular complexity index is 973. The normalized spacial score (nSPS) is 11.1. The molecular weight excluding hydrogens is 424 g/mol. The number of carbonyl (C=O) groups excluding carboxylic acids is 2. The number of hydrogen-bond donors (Lipinski definition) is 2. The first-order chi connectivity index (χ1) is 12.1. The first-order valence-electron chi connectivity index (χ1n) is 7.44. The number of esters is 1. The summed E-state index contributed by atoms with van der Waals surface area (Å²) in [6.07, 6.45) is 0. The molecule has 0 spiro atoms. The van der Waals surface area contributed by atoms with E-state index in [1.165, 1.54) is 12.1 Å². The van der Waals surface area contributed by atoms with E-state index in [2.05, 4.69) is 21.2 Å². The zero-order valence-corrected chi connectivity index (χ0v) is 16.5. The molecule has 0 aromatic heterocycles. The second kappa shape index (κ2) is 7.98. The minimum Gasteiger partial charge on any atom is -0.452 e. The highest BCUT2D eigenvalue weighted by Crippen LogP contribution is 2.20. The fourth-order valence-corrected chi connectivity index (χ4v) is 3.22. The number of carbonyl (C=O) groups is 2. The number of halogens is 1. The molecule has 2 rings (SSSR count). The molecule has 0 atom stereocenters. The molecule has 0 saturated heterocycles. The van der Waals surface area contributed by atoms with Crippen molar-refractivity contribution in [2.45, 2.75) is 18.7 Å². The lowest BCUT2D eigenvalue weighted by Gasteiger charge is -2.09. The van der Waals surface area contributed by atoms with Gasteiger partial charge in [0.25, 0.3) is 5.91 Å². The predicted molar refractivity (Wildman–Crippen MR) is 100 cm³/mol. The molecule has 0 heterocycles. The lowest BCUT2D eigenvalue weighted by molar-refractivity contribution is -0.119. The van der Waals surface area contributed by atoms with Gasteiger partial charge < -0.3 is 10.1 Å². The molecule has 0 bridgehead atoms. The summed E-state index contributed by atoms with van der Waals surface area (Å²) in [4.78, 5) is 23.8. The second-order valence-electron chi connectivity index (χ2n) is 5.61. The third kappa shape index (κ3) is 5.13. The molecule has 0 saturated carbocycles. The Morgan fingerprint density at radius 3 is 2.42 bits per heavy atom. The average Bonchev–Trinajstić information content (AvgIpc) is 2.55. The van der Waals surface area contributed by atoms with Gasteiger partial charge in [-0.25, -0.2) is 18.4 Å². The minimum absolute atomic E-state index is 0.00749. The molecular formula is C17H17BrN2O5S. The lowest BCUT2D eigenvalue weighted by Crippen LogP contribution is -2.21. The molecule has 0 aliphatic carbocycles. The Kier molecular flexibility index (Phi) is 6.17. The number of hydrogen-bond acceptors (Lipinski definition) is 5. The van der Waals surface area contributed by atoms with E-state index in [1.54, 1.807) is 25.1 Å². The predicted octanol–water partition coefficient (Wildman–Crippen LogP) is 2.51. The molecule has 26 heavy (non-hydrogen) atoms. The van der Waals surface area contributed by atoms with Crippen molar-refractivity contribution in [3.05, 3.63) is 57.6 Å². The van der Waals surface area contributed by atoms with Crippen LogP contribution in [-0.2, 0) is 19.6 Å². The van der Waals surface area contributed by atoms with Crippen LogP contribution in [0.4, 0.5) is 5.69 Å². The largest absolute Gasteiger partial charge is 0.452 e. The molecule has 3 N–H and O–H groups in total. The van der Waals surface area contributed by atoms with Gasteiger partial charge in [-0.15, -0.1) is 0 Å². The standard InChI is InChI=1S/C17H17BrN2O5S/c1-10-3-4-12(8-15(10)26(19,23)24)17(22)25-9-16(21)20-13-5-6-14(18)11(2)7-13/h3-8H,9H2,1-2H3,(H,20,21)(H2,19,23,24). The van der Waals surface area contributed by atoms with Crippen LogP contribution in [0.1, 0.15) is 21.5 Å². The van der Waals surface area contributed by atoms with Crippen LogP contribution in [-0.4, -0.2) is 26.9 Å². The summed E-state index contributed by atoms with van der Waals surface area (Å²) in [5.74, 6) is -1.34. The highest BCUT2D eigenvalue weighted by molar-refractivity contribution is 9.10. The van der Waals surface area contributed by atoms with Gasteiger partial charge in [-0.1, -0.05) is 22.0 Å². The topological polar surface area (TPSA) is 116 Å². The monoisotopic (exact) mass is 440 g/mol. The highest BCUT2D eigenvalue weighted by Gasteiger charge is 2.17. The smallest absolute Gasteiger partial charge is 0.338 e. The van der Waals surface area contributed by atoms with E-state index in [0.717, 1.165) is 16.1 Å². The number of sulfonamides is 1. The van der Waals surface area contributed by atoms with Gasteiger partial charge in [0, 0.05) is 10.2 Å². The van der Waals surface area contributed by atoms with E-state index in [9.17, 15) is 18.0 Å². The first kappa shape index (κ1) is 20.1. The number of aryl methyl sites for hydroxylation is 2. The van der Waals surface area contributed by atoms with Crippen molar-refractivity contribution in [3.63, 3.8) is 0 Å². The first-order valence-corrected chi connectivity index (χ1v) is 9.78. The molecule has 138 valence electrons. The average molecular weight is 441 g/mol. The number of anilines is 1. The van der Waals surface area contributed by atoms with Crippen LogP contribution in [0.25, 0.3) is 0 Å². The fraction of sp³-hybridized carbons (Fsp3) is 0.176. The Labute approximate surface area is 159 Å². The summed E-state index contributed by atoms with van der Waals surface area (Å²) in [5, 5.41) is 7.72. The van der Waals surface area contributed by atoms with Crippen LogP contribution >= 0.6 is 15.9 Å². The van der Waals surface area contributed by atoms with Crippen LogP contribution in [0.2, 0.25) is 0 Å². The van der Waals surface area contributed by atoms with Gasteiger partial charge in [-0.3, -0.25) is 4.79 Å². The van der Waals surface area contributed by atoms with Crippen molar-refractivity contribution in [1.29, 1.82) is 0 Å². The van der Waals surface area contributed by atoms with Gasteiger partial charge in [0.1, 0.15) is 0 Å². The zero-order valence-electron chi connectivity index (χ0n) is 14.1. The van der Waals surface area contributed by atoms with E-state index in [-0.39, 0.29) is 10.5 Å². The van der Waals surface area contributed by atoms with Crippen LogP contribution in [0.3, 0.4) is 0 Å². The van der Waals surface area contributed by atoms with Crippen LogP contribution < -0.4 is 10.5 Å². The third-order valence-electron chi connectivity index (χ3n) is 3.51. The molecule has 9 heteroatoms. The summed E-state index contributed by atoms with van der Waals surface area (Å²) in [5.41, 5.74) is 1.91. The van der Waals surface area contributed by atoms with Crippen molar-refractivity contribution in [3.8, 4) is 0 Å². The van der Waals surface area contributed by atoms with E-state index in [4.69, 9.17) is 9.88 Å². The second-order valence-corrected chi connectivity index (χ2v) is 8.00. The Morgan fingerprint density at radius 2 is 1.81 bits per heavy atom. The van der Waals surface area contributed by atoms with Gasteiger partial charge in [0.15, 0.2) is 6.61 Å². The maximum absolute atomic E-state index is 12.0. The Morgan fingerprint density at radius 1 is 1.12 bits per heavy atom. The SMILES string of the molecule is Cc1cc(NC(=O)COC(=O)c2ccc(C)c(S(N)(=O)=O)c2)ccc1Br. The van der Waals surface area contributed by atoms with Crippen LogP contribution in [0.15, 0.2) is 45.8 Å². The molecule has 0 aliphatic rings. The van der Waals surface area contributed by atoms with Gasteiger partial charge in [0.05, 0.1) is 10.5 Å². The van der Waals surface area contributed by atoms with Crippen LogP contribution in [0.5, 0.6) is 0 Å². The van der Waals surface area contributed by atoms with E-state index < -0.39 is 28.5 Å². The fourth-order valence-electron chi connectivity index (χ4n) is 2.17. The number of rotatable bonds is 5. The maximum Gasteiger partial charge on any atom is 0.338 e. The van der Waals surface area contributed by atoms with Gasteiger partial charge >= 0.3 is 5.97 Å². The van der Waals surface area contributed by atoms with Gasteiger partial charge in [-0.05, 0) is 55.3 Å². The molecule has 0 unspecified atom stereocenters. The molecule has 2 aromatic carbocycles. The van der Waals surface area contributed by atoms with Crippen LogP contribution in [0, 0.1) is 13.8 Å².